The van der Waals surface area contributed by atoms with E-state index in [1.54, 1.807) is 7.11 Å². The standard InChI is InChI=1S/C19H24N2O3/c1-24-16-5-2-4-14(9-16)19(23)20-10-13-8-15(12-20)17-6-3-7-18(22)21(17)11-13/h2,4-5,9,13,15,17H,3,6-8,10-12H2,1H3/t13-,15-,17-/m1/s1. The van der Waals surface area contributed by atoms with Crippen LogP contribution in [0.1, 0.15) is 36.0 Å². The highest BCUT2D eigenvalue weighted by Crippen LogP contribution is 2.38. The lowest BCUT2D eigenvalue weighted by Gasteiger charge is -2.52. The number of nitrogens with zero attached hydrogens (tertiary/aromatic N) is 2. The van der Waals surface area contributed by atoms with Crippen molar-refractivity contribution < 1.29 is 14.3 Å². The predicted molar refractivity (Wildman–Crippen MR) is 89.8 cm³/mol. The van der Waals surface area contributed by atoms with Gasteiger partial charge in [-0.3, -0.25) is 9.59 Å². The first-order valence-electron chi connectivity index (χ1n) is 8.88. The second kappa shape index (κ2) is 6.11. The van der Waals surface area contributed by atoms with Crippen LogP contribution in [0.15, 0.2) is 24.3 Å². The summed E-state index contributed by atoms with van der Waals surface area (Å²) in [5.74, 6) is 1.95. The number of ether oxygens (including phenoxy) is 1. The second-order valence-electron chi connectivity index (χ2n) is 7.31. The van der Waals surface area contributed by atoms with Gasteiger partial charge in [-0.05, 0) is 49.3 Å². The van der Waals surface area contributed by atoms with Gasteiger partial charge in [-0.15, -0.1) is 0 Å². The molecule has 2 bridgehead atoms. The molecule has 0 saturated carbocycles. The molecule has 128 valence electrons. The Labute approximate surface area is 142 Å². The van der Waals surface area contributed by atoms with Gasteiger partial charge in [0.1, 0.15) is 5.75 Å². The third-order valence-electron chi connectivity index (χ3n) is 5.78. The van der Waals surface area contributed by atoms with Crippen LogP contribution in [0, 0.1) is 11.8 Å². The van der Waals surface area contributed by atoms with Crippen LogP contribution in [-0.2, 0) is 4.79 Å². The van der Waals surface area contributed by atoms with Gasteiger partial charge in [-0.1, -0.05) is 6.07 Å². The van der Waals surface area contributed by atoms with E-state index in [4.69, 9.17) is 4.74 Å². The van der Waals surface area contributed by atoms with Crippen LogP contribution < -0.4 is 4.74 Å². The summed E-state index contributed by atoms with van der Waals surface area (Å²) in [7, 11) is 1.61. The maximum atomic E-state index is 12.9. The molecule has 4 rings (SSSR count). The fourth-order valence-corrected chi connectivity index (χ4v) is 4.71. The third-order valence-corrected chi connectivity index (χ3v) is 5.78. The summed E-state index contributed by atoms with van der Waals surface area (Å²) in [6.45, 7) is 2.34. The van der Waals surface area contributed by atoms with Crippen molar-refractivity contribution in [3.63, 3.8) is 0 Å². The molecule has 0 spiro atoms. The second-order valence-corrected chi connectivity index (χ2v) is 7.31. The Morgan fingerprint density at radius 3 is 2.96 bits per heavy atom. The minimum absolute atomic E-state index is 0.0826. The Balaban J connectivity index is 1.52. The van der Waals surface area contributed by atoms with Crippen LogP contribution in [0.25, 0.3) is 0 Å². The Hall–Kier alpha value is -2.04. The van der Waals surface area contributed by atoms with Crippen molar-refractivity contribution in [3.05, 3.63) is 29.8 Å². The number of rotatable bonds is 2. The van der Waals surface area contributed by atoms with Crippen LogP contribution >= 0.6 is 0 Å². The Bertz CT molecular complexity index is 660. The van der Waals surface area contributed by atoms with Gasteiger partial charge in [-0.2, -0.15) is 0 Å². The molecule has 3 fully saturated rings. The number of hydrogen-bond acceptors (Lipinski definition) is 3. The van der Waals surface area contributed by atoms with Gasteiger partial charge in [0.25, 0.3) is 5.91 Å². The average Bonchev–Trinajstić information content (AvgIpc) is 2.62. The summed E-state index contributed by atoms with van der Waals surface area (Å²) in [6, 6.07) is 7.71. The zero-order valence-electron chi connectivity index (χ0n) is 14.1. The summed E-state index contributed by atoms with van der Waals surface area (Å²) in [5, 5.41) is 0. The fraction of sp³-hybridized carbons (Fsp3) is 0.579. The first-order valence-corrected chi connectivity index (χ1v) is 8.88. The Morgan fingerprint density at radius 1 is 1.25 bits per heavy atom. The van der Waals surface area contributed by atoms with E-state index >= 15 is 0 Å². The van der Waals surface area contributed by atoms with E-state index in [2.05, 4.69) is 4.90 Å². The monoisotopic (exact) mass is 328 g/mol. The van der Waals surface area contributed by atoms with Crippen molar-refractivity contribution >= 4 is 11.8 Å². The quantitative estimate of drug-likeness (QED) is 0.836. The molecule has 5 nitrogen and oxygen atoms in total. The molecule has 5 heteroatoms. The Kier molecular flexibility index (Phi) is 3.94. The molecule has 3 heterocycles. The molecule has 24 heavy (non-hydrogen) atoms. The molecule has 0 N–H and O–H groups in total. The molecule has 0 aromatic heterocycles. The summed E-state index contributed by atoms with van der Waals surface area (Å²) in [6.07, 6.45) is 3.92. The molecule has 2 amide bonds. The normalized spacial score (nSPS) is 29.2. The first kappa shape index (κ1) is 15.5. The minimum Gasteiger partial charge on any atom is -0.497 e. The third kappa shape index (κ3) is 2.66. The molecule has 1 aromatic rings. The van der Waals surface area contributed by atoms with Crippen molar-refractivity contribution in [2.24, 2.45) is 11.8 Å². The van der Waals surface area contributed by atoms with Gasteiger partial charge in [-0.25, -0.2) is 0 Å². The van der Waals surface area contributed by atoms with Crippen LogP contribution in [0.2, 0.25) is 0 Å². The van der Waals surface area contributed by atoms with E-state index in [-0.39, 0.29) is 5.91 Å². The van der Waals surface area contributed by atoms with Gasteiger partial charge >= 0.3 is 0 Å². The predicted octanol–water partition coefficient (Wildman–Crippen LogP) is 2.17. The van der Waals surface area contributed by atoms with Crippen molar-refractivity contribution in [2.45, 2.75) is 31.7 Å². The van der Waals surface area contributed by atoms with E-state index in [9.17, 15) is 9.59 Å². The molecule has 3 aliphatic rings. The molecular formula is C19H24N2O3. The average molecular weight is 328 g/mol. The van der Waals surface area contributed by atoms with Crippen molar-refractivity contribution in [2.75, 3.05) is 26.7 Å². The van der Waals surface area contributed by atoms with Gasteiger partial charge in [0.2, 0.25) is 5.91 Å². The molecule has 0 aliphatic carbocycles. The lowest BCUT2D eigenvalue weighted by molar-refractivity contribution is -0.144. The number of methoxy groups -OCH3 is 1. The lowest BCUT2D eigenvalue weighted by Crippen LogP contribution is -2.61. The van der Waals surface area contributed by atoms with Gasteiger partial charge in [0.05, 0.1) is 7.11 Å². The molecule has 0 unspecified atom stereocenters. The highest BCUT2D eigenvalue weighted by atomic mass is 16.5. The summed E-state index contributed by atoms with van der Waals surface area (Å²) < 4.78 is 5.23. The van der Waals surface area contributed by atoms with Crippen LogP contribution in [0.5, 0.6) is 5.75 Å². The lowest BCUT2D eigenvalue weighted by atomic mass is 9.76. The van der Waals surface area contributed by atoms with Crippen LogP contribution in [-0.4, -0.2) is 54.4 Å². The van der Waals surface area contributed by atoms with E-state index < -0.39 is 0 Å². The Morgan fingerprint density at radius 2 is 2.12 bits per heavy atom. The van der Waals surface area contributed by atoms with Crippen molar-refractivity contribution in [3.8, 4) is 5.75 Å². The minimum atomic E-state index is 0.0826. The molecule has 3 aliphatic heterocycles. The fourth-order valence-electron chi connectivity index (χ4n) is 4.71. The highest BCUT2D eigenvalue weighted by Gasteiger charge is 2.44. The maximum absolute atomic E-state index is 12.9. The highest BCUT2D eigenvalue weighted by molar-refractivity contribution is 5.94. The number of likely N-dealkylation sites (tertiary alicyclic amines) is 1. The topological polar surface area (TPSA) is 49.9 Å². The zero-order chi connectivity index (χ0) is 16.7. The van der Waals surface area contributed by atoms with Crippen molar-refractivity contribution in [1.29, 1.82) is 0 Å². The molecule has 3 atom stereocenters. The largest absolute Gasteiger partial charge is 0.497 e. The number of carbonyl (C=O) groups is 2. The summed E-state index contributed by atoms with van der Waals surface area (Å²) in [5.41, 5.74) is 0.686. The van der Waals surface area contributed by atoms with Crippen LogP contribution in [0.4, 0.5) is 0 Å². The number of fused-ring (bicyclic) bond motifs is 4. The molecule has 0 radical (unpaired) electrons. The first-order chi connectivity index (χ1) is 11.7. The number of benzene rings is 1. The summed E-state index contributed by atoms with van der Waals surface area (Å²) >= 11 is 0. The van der Waals surface area contributed by atoms with E-state index in [1.165, 1.54) is 0 Å². The smallest absolute Gasteiger partial charge is 0.254 e. The van der Waals surface area contributed by atoms with Crippen LogP contribution in [0.3, 0.4) is 0 Å². The molecule has 3 saturated heterocycles. The number of hydrogen-bond donors (Lipinski definition) is 0. The zero-order valence-corrected chi connectivity index (χ0v) is 14.1. The molecular weight excluding hydrogens is 304 g/mol. The molecule has 1 aromatic carbocycles. The summed E-state index contributed by atoms with van der Waals surface area (Å²) in [4.78, 5) is 29.2. The van der Waals surface area contributed by atoms with E-state index in [0.717, 1.165) is 38.9 Å². The van der Waals surface area contributed by atoms with Crippen molar-refractivity contribution in [1.82, 2.24) is 9.80 Å². The van der Waals surface area contributed by atoms with Gasteiger partial charge in [0, 0.05) is 37.7 Å². The van der Waals surface area contributed by atoms with Gasteiger partial charge < -0.3 is 14.5 Å². The van der Waals surface area contributed by atoms with E-state index in [0.29, 0.717) is 41.5 Å². The number of amides is 2. The SMILES string of the molecule is COc1cccc(C(=O)N2C[C@H]3C[C@H](C2)[C@H]2CCCC(=O)N2C3)c1. The number of carbonyl (C=O) groups excluding carboxylic acids is 2. The number of piperidine rings is 3. The maximum Gasteiger partial charge on any atom is 0.254 e. The van der Waals surface area contributed by atoms with Gasteiger partial charge in [0.15, 0.2) is 0 Å². The van der Waals surface area contributed by atoms with E-state index in [1.807, 2.05) is 29.2 Å².